The Morgan fingerprint density at radius 3 is 2.00 bits per heavy atom. The van der Waals surface area contributed by atoms with Gasteiger partial charge >= 0.3 is 6.94 Å². The number of benzene rings is 1. The number of unbranched alkanes of at least 4 members (excludes halogenated alkanes) is 2. The zero-order valence-electron chi connectivity index (χ0n) is 10.9. The molecular formula is C14H23BrOSi. The first-order valence-electron chi connectivity index (χ1n) is 6.63. The Bertz CT molecular complexity index is 294. The molecule has 0 N–H and O–H groups in total. The number of rotatable bonds is 8. The SMILES string of the molecule is CCCC[Si](Br)(CCCC)Oc1ccccc1. The zero-order valence-corrected chi connectivity index (χ0v) is 13.5. The van der Waals surface area contributed by atoms with Crippen molar-refractivity contribution in [2.45, 2.75) is 51.6 Å². The van der Waals surface area contributed by atoms with Crippen molar-refractivity contribution in [3.8, 4) is 5.75 Å². The molecule has 0 aromatic heterocycles. The van der Waals surface area contributed by atoms with E-state index in [1.807, 2.05) is 18.2 Å². The van der Waals surface area contributed by atoms with Crippen LogP contribution in [0.3, 0.4) is 0 Å². The number of para-hydroxylation sites is 1. The van der Waals surface area contributed by atoms with Crippen LogP contribution in [0.15, 0.2) is 30.3 Å². The topological polar surface area (TPSA) is 9.23 Å². The second-order valence-electron chi connectivity index (χ2n) is 4.51. The third-order valence-electron chi connectivity index (χ3n) is 2.85. The van der Waals surface area contributed by atoms with E-state index >= 15 is 0 Å². The van der Waals surface area contributed by atoms with E-state index in [4.69, 9.17) is 4.43 Å². The summed E-state index contributed by atoms with van der Waals surface area (Å²) in [6.07, 6.45) is 5.00. The minimum absolute atomic E-state index is 1.02. The molecule has 0 aliphatic rings. The summed E-state index contributed by atoms with van der Waals surface area (Å²) in [7, 11) is 0. The summed E-state index contributed by atoms with van der Waals surface area (Å²) in [5, 5.41) is 0. The minimum Gasteiger partial charge on any atom is -0.533 e. The van der Waals surface area contributed by atoms with E-state index in [1.165, 1.54) is 37.8 Å². The molecule has 1 aromatic rings. The van der Waals surface area contributed by atoms with Gasteiger partial charge in [-0.25, -0.2) is 0 Å². The van der Waals surface area contributed by atoms with Gasteiger partial charge in [0, 0.05) is 0 Å². The van der Waals surface area contributed by atoms with E-state index in [2.05, 4.69) is 41.3 Å². The lowest BCUT2D eigenvalue weighted by Crippen LogP contribution is -2.34. The van der Waals surface area contributed by atoms with Crippen LogP contribution in [-0.2, 0) is 0 Å². The third-order valence-corrected chi connectivity index (χ3v) is 8.52. The van der Waals surface area contributed by atoms with Gasteiger partial charge in [0.15, 0.2) is 0 Å². The van der Waals surface area contributed by atoms with Gasteiger partial charge in [-0.3, -0.25) is 0 Å². The smallest absolute Gasteiger partial charge is 0.321 e. The van der Waals surface area contributed by atoms with Crippen molar-refractivity contribution in [2.75, 3.05) is 0 Å². The second-order valence-corrected chi connectivity index (χ2v) is 11.8. The van der Waals surface area contributed by atoms with Crippen molar-refractivity contribution < 1.29 is 4.43 Å². The molecule has 17 heavy (non-hydrogen) atoms. The van der Waals surface area contributed by atoms with Crippen LogP contribution in [0.4, 0.5) is 0 Å². The van der Waals surface area contributed by atoms with Gasteiger partial charge in [0.25, 0.3) is 0 Å². The van der Waals surface area contributed by atoms with Crippen LogP contribution in [0, 0.1) is 0 Å². The van der Waals surface area contributed by atoms with Gasteiger partial charge in [-0.05, 0) is 24.2 Å². The lowest BCUT2D eigenvalue weighted by Gasteiger charge is -2.26. The predicted molar refractivity (Wildman–Crippen MR) is 81.2 cm³/mol. The van der Waals surface area contributed by atoms with Crippen LogP contribution in [0.2, 0.25) is 12.1 Å². The second kappa shape index (κ2) is 7.93. The lowest BCUT2D eigenvalue weighted by atomic mass is 10.3. The van der Waals surface area contributed by atoms with Crippen LogP contribution in [0.5, 0.6) is 5.75 Å². The van der Waals surface area contributed by atoms with Crippen molar-refractivity contribution in [1.29, 1.82) is 0 Å². The summed E-state index contributed by atoms with van der Waals surface area (Å²) in [6, 6.07) is 12.6. The number of hydrogen-bond acceptors (Lipinski definition) is 1. The van der Waals surface area contributed by atoms with Crippen molar-refractivity contribution in [2.24, 2.45) is 0 Å². The average molecular weight is 315 g/mol. The van der Waals surface area contributed by atoms with Gasteiger partial charge in [-0.1, -0.05) is 73.0 Å². The summed E-state index contributed by atoms with van der Waals surface area (Å²) < 4.78 is 6.26. The first kappa shape index (κ1) is 14.8. The summed E-state index contributed by atoms with van der Waals surface area (Å²) >= 11 is 3.94. The van der Waals surface area contributed by atoms with E-state index in [1.54, 1.807) is 0 Å². The fraction of sp³-hybridized carbons (Fsp3) is 0.571. The molecule has 0 amide bonds. The maximum absolute atomic E-state index is 6.26. The van der Waals surface area contributed by atoms with Crippen LogP contribution in [-0.4, -0.2) is 6.94 Å². The van der Waals surface area contributed by atoms with Crippen LogP contribution < -0.4 is 4.43 Å². The maximum atomic E-state index is 6.26. The highest BCUT2D eigenvalue weighted by Gasteiger charge is 2.32. The van der Waals surface area contributed by atoms with Gasteiger partial charge in [-0.2, -0.15) is 0 Å². The average Bonchev–Trinajstić information content (AvgIpc) is 2.35. The lowest BCUT2D eigenvalue weighted by molar-refractivity contribution is 0.546. The monoisotopic (exact) mass is 314 g/mol. The van der Waals surface area contributed by atoms with Gasteiger partial charge in [0.2, 0.25) is 0 Å². The van der Waals surface area contributed by atoms with E-state index in [0.717, 1.165) is 5.75 Å². The summed E-state index contributed by atoms with van der Waals surface area (Å²) in [5.74, 6) is 1.02. The van der Waals surface area contributed by atoms with Crippen LogP contribution in [0.1, 0.15) is 39.5 Å². The highest BCUT2D eigenvalue weighted by Crippen LogP contribution is 2.30. The fourth-order valence-corrected chi connectivity index (χ4v) is 6.83. The first-order valence-corrected chi connectivity index (χ1v) is 11.2. The number of halogens is 1. The third kappa shape index (κ3) is 5.73. The highest BCUT2D eigenvalue weighted by atomic mass is 79.9. The molecule has 1 nitrogen and oxygen atoms in total. The largest absolute Gasteiger partial charge is 0.533 e. The Balaban J connectivity index is 2.61. The molecule has 3 heteroatoms. The Labute approximate surface area is 114 Å². The highest BCUT2D eigenvalue weighted by molar-refractivity contribution is 9.25. The Morgan fingerprint density at radius 1 is 1.00 bits per heavy atom. The molecule has 96 valence electrons. The van der Waals surface area contributed by atoms with Crippen LogP contribution >= 0.6 is 15.3 Å². The standard InChI is InChI=1S/C14H23BrOSi/c1-3-5-12-17(15,13-6-4-2)16-14-10-8-7-9-11-14/h7-11H,3-6,12-13H2,1-2H3. The molecule has 1 rings (SSSR count). The molecule has 0 spiro atoms. The van der Waals surface area contributed by atoms with Crippen molar-refractivity contribution in [3.63, 3.8) is 0 Å². The van der Waals surface area contributed by atoms with E-state index < -0.39 is 6.94 Å². The van der Waals surface area contributed by atoms with Gasteiger partial charge in [-0.15, -0.1) is 0 Å². The van der Waals surface area contributed by atoms with Crippen LogP contribution in [0.25, 0.3) is 0 Å². The molecule has 0 saturated carbocycles. The van der Waals surface area contributed by atoms with Crippen molar-refractivity contribution >= 4 is 22.2 Å². The fourth-order valence-electron chi connectivity index (χ4n) is 1.81. The molecule has 0 bridgehead atoms. The Hall–Kier alpha value is -0.283. The van der Waals surface area contributed by atoms with Gasteiger partial charge in [0.05, 0.1) is 0 Å². The maximum Gasteiger partial charge on any atom is 0.321 e. The minimum atomic E-state index is -1.72. The Morgan fingerprint density at radius 2 is 1.53 bits per heavy atom. The molecule has 0 fully saturated rings. The van der Waals surface area contributed by atoms with E-state index in [9.17, 15) is 0 Å². The van der Waals surface area contributed by atoms with E-state index in [-0.39, 0.29) is 0 Å². The summed E-state index contributed by atoms with van der Waals surface area (Å²) in [4.78, 5) is 0. The van der Waals surface area contributed by atoms with Crippen molar-refractivity contribution in [1.82, 2.24) is 0 Å². The summed E-state index contributed by atoms with van der Waals surface area (Å²) in [5.41, 5.74) is 0. The normalized spacial score (nSPS) is 11.5. The van der Waals surface area contributed by atoms with Gasteiger partial charge in [0.1, 0.15) is 5.75 Å². The quantitative estimate of drug-likeness (QED) is 0.454. The molecule has 0 aliphatic heterocycles. The first-order chi connectivity index (χ1) is 8.20. The summed E-state index contributed by atoms with van der Waals surface area (Å²) in [6.45, 7) is 2.76. The molecule has 0 heterocycles. The molecule has 0 atom stereocenters. The predicted octanol–water partition coefficient (Wildman–Crippen LogP) is 5.50. The molecule has 0 unspecified atom stereocenters. The van der Waals surface area contributed by atoms with Gasteiger partial charge < -0.3 is 4.43 Å². The Kier molecular flexibility index (Phi) is 6.89. The van der Waals surface area contributed by atoms with Crippen molar-refractivity contribution in [3.05, 3.63) is 30.3 Å². The molecule has 0 aliphatic carbocycles. The molecular weight excluding hydrogens is 292 g/mol. The molecule has 0 saturated heterocycles. The molecule has 0 radical (unpaired) electrons. The zero-order chi connectivity index (χ0) is 12.6. The molecule has 1 aromatic carbocycles. The van der Waals surface area contributed by atoms with E-state index in [0.29, 0.717) is 0 Å². The number of hydrogen-bond donors (Lipinski definition) is 0.